The van der Waals surface area contributed by atoms with Crippen LogP contribution < -0.4 is 5.32 Å². The van der Waals surface area contributed by atoms with Crippen LogP contribution in [0.4, 0.5) is 0 Å². The number of hydrogen-bond donors (Lipinski definition) is 1. The van der Waals surface area contributed by atoms with E-state index in [2.05, 4.69) is 59.1 Å². The molecule has 0 radical (unpaired) electrons. The molecule has 0 bridgehead atoms. The zero-order chi connectivity index (χ0) is 15.1. The van der Waals surface area contributed by atoms with E-state index >= 15 is 0 Å². The lowest BCUT2D eigenvalue weighted by molar-refractivity contribution is 0.131. The molecule has 21 heavy (non-hydrogen) atoms. The Morgan fingerprint density at radius 2 is 2.33 bits per heavy atom. The lowest BCUT2D eigenvalue weighted by atomic mass is 10.4. The molecule has 0 spiro atoms. The molecule has 1 aliphatic carbocycles. The predicted octanol–water partition coefficient (Wildman–Crippen LogP) is 1.85. The van der Waals surface area contributed by atoms with Crippen molar-refractivity contribution in [2.45, 2.75) is 26.3 Å². The van der Waals surface area contributed by atoms with E-state index in [1.54, 1.807) is 0 Å². The molecule has 1 heterocycles. The van der Waals surface area contributed by atoms with Gasteiger partial charge < -0.3 is 19.5 Å². The Hall–Kier alpha value is -1.49. The van der Waals surface area contributed by atoms with E-state index in [-0.39, 0.29) is 0 Å². The van der Waals surface area contributed by atoms with Gasteiger partial charge in [-0.2, -0.15) is 0 Å². The first-order valence-electron chi connectivity index (χ1n) is 7.88. The van der Waals surface area contributed by atoms with Crippen molar-refractivity contribution in [1.82, 2.24) is 14.8 Å². The second-order valence-electron chi connectivity index (χ2n) is 5.72. The molecule has 1 N–H and O–H groups in total. The summed E-state index contributed by atoms with van der Waals surface area (Å²) < 4.78 is 7.77. The molecule has 0 atom stereocenters. The van der Waals surface area contributed by atoms with Gasteiger partial charge in [0.15, 0.2) is 5.96 Å². The van der Waals surface area contributed by atoms with Crippen molar-refractivity contribution in [3.05, 3.63) is 24.0 Å². The SMILES string of the molecule is CCNC(=NCCOCC1CC1)N(C)Cc1cccn1C. The molecule has 0 amide bonds. The molecule has 0 aliphatic heterocycles. The van der Waals surface area contributed by atoms with Crippen molar-refractivity contribution >= 4 is 5.96 Å². The summed E-state index contributed by atoms with van der Waals surface area (Å²) >= 11 is 0. The van der Waals surface area contributed by atoms with E-state index in [1.807, 2.05) is 0 Å². The molecule has 0 aromatic carbocycles. The smallest absolute Gasteiger partial charge is 0.194 e. The van der Waals surface area contributed by atoms with Gasteiger partial charge in [-0.1, -0.05) is 0 Å². The molecular formula is C16H28N4O. The first kappa shape index (κ1) is 15.9. The van der Waals surface area contributed by atoms with E-state index in [0.29, 0.717) is 13.2 Å². The minimum Gasteiger partial charge on any atom is -0.379 e. The Morgan fingerprint density at radius 1 is 1.52 bits per heavy atom. The van der Waals surface area contributed by atoms with Gasteiger partial charge in [0.25, 0.3) is 0 Å². The van der Waals surface area contributed by atoms with Gasteiger partial charge in [-0.05, 0) is 37.8 Å². The maximum absolute atomic E-state index is 5.63. The summed E-state index contributed by atoms with van der Waals surface area (Å²) in [4.78, 5) is 6.79. The zero-order valence-corrected chi connectivity index (χ0v) is 13.5. The number of aliphatic imine (C=N–C) groups is 1. The highest BCUT2D eigenvalue weighted by molar-refractivity contribution is 5.79. The first-order valence-corrected chi connectivity index (χ1v) is 7.88. The molecule has 1 aromatic rings. The van der Waals surface area contributed by atoms with Gasteiger partial charge in [-0.3, -0.25) is 4.99 Å². The van der Waals surface area contributed by atoms with Crippen molar-refractivity contribution < 1.29 is 4.74 Å². The monoisotopic (exact) mass is 292 g/mol. The van der Waals surface area contributed by atoms with E-state index in [4.69, 9.17) is 4.74 Å². The summed E-state index contributed by atoms with van der Waals surface area (Å²) in [7, 11) is 4.14. The molecule has 1 fully saturated rings. The highest BCUT2D eigenvalue weighted by atomic mass is 16.5. The molecular weight excluding hydrogens is 264 g/mol. The summed E-state index contributed by atoms with van der Waals surface area (Å²) in [6.45, 7) is 6.15. The van der Waals surface area contributed by atoms with Crippen LogP contribution in [0.5, 0.6) is 0 Å². The molecule has 1 saturated carbocycles. The number of aromatic nitrogens is 1. The Labute approximate surface area is 128 Å². The average molecular weight is 292 g/mol. The number of aryl methyl sites for hydroxylation is 1. The topological polar surface area (TPSA) is 41.8 Å². The Morgan fingerprint density at radius 3 is 2.95 bits per heavy atom. The van der Waals surface area contributed by atoms with Crippen molar-refractivity contribution in [1.29, 1.82) is 0 Å². The molecule has 1 aromatic heterocycles. The van der Waals surface area contributed by atoms with Crippen LogP contribution >= 0.6 is 0 Å². The van der Waals surface area contributed by atoms with Crippen LogP contribution in [0.25, 0.3) is 0 Å². The second kappa shape index (κ2) is 8.08. The number of ether oxygens (including phenoxy) is 1. The van der Waals surface area contributed by atoms with Gasteiger partial charge in [0.05, 0.1) is 19.7 Å². The minimum absolute atomic E-state index is 0.712. The number of nitrogens with one attached hydrogen (secondary N) is 1. The summed E-state index contributed by atoms with van der Waals surface area (Å²) in [5.74, 6) is 1.76. The van der Waals surface area contributed by atoms with E-state index < -0.39 is 0 Å². The lowest BCUT2D eigenvalue weighted by Crippen LogP contribution is -2.39. The quantitative estimate of drug-likeness (QED) is 0.452. The Balaban J connectivity index is 1.79. The third-order valence-corrected chi connectivity index (χ3v) is 3.69. The molecule has 2 rings (SSSR count). The highest BCUT2D eigenvalue weighted by Gasteiger charge is 2.20. The van der Waals surface area contributed by atoms with Crippen LogP contribution in [0, 0.1) is 5.92 Å². The Kier molecular flexibility index (Phi) is 6.11. The second-order valence-corrected chi connectivity index (χ2v) is 5.72. The van der Waals surface area contributed by atoms with Gasteiger partial charge in [0.2, 0.25) is 0 Å². The number of nitrogens with zero attached hydrogens (tertiary/aromatic N) is 3. The third-order valence-electron chi connectivity index (χ3n) is 3.69. The van der Waals surface area contributed by atoms with E-state index in [0.717, 1.165) is 31.6 Å². The van der Waals surface area contributed by atoms with Gasteiger partial charge in [-0.25, -0.2) is 0 Å². The predicted molar refractivity (Wildman–Crippen MR) is 86.4 cm³/mol. The van der Waals surface area contributed by atoms with Crippen molar-refractivity contribution in [3.63, 3.8) is 0 Å². The number of guanidine groups is 1. The fourth-order valence-electron chi connectivity index (χ4n) is 2.20. The summed E-state index contributed by atoms with van der Waals surface area (Å²) in [6, 6.07) is 4.21. The van der Waals surface area contributed by atoms with Gasteiger partial charge >= 0.3 is 0 Å². The maximum atomic E-state index is 5.63. The number of rotatable bonds is 8. The maximum Gasteiger partial charge on any atom is 0.194 e. The molecule has 1 aliphatic rings. The molecule has 5 nitrogen and oxygen atoms in total. The van der Waals surface area contributed by atoms with Crippen LogP contribution in [0.3, 0.4) is 0 Å². The van der Waals surface area contributed by atoms with Crippen LogP contribution in [-0.4, -0.2) is 48.8 Å². The van der Waals surface area contributed by atoms with Gasteiger partial charge in [-0.15, -0.1) is 0 Å². The number of hydrogen-bond acceptors (Lipinski definition) is 2. The minimum atomic E-state index is 0.712. The largest absolute Gasteiger partial charge is 0.379 e. The molecule has 5 heteroatoms. The highest BCUT2D eigenvalue weighted by Crippen LogP contribution is 2.28. The molecule has 0 unspecified atom stereocenters. The van der Waals surface area contributed by atoms with E-state index in [9.17, 15) is 0 Å². The zero-order valence-electron chi connectivity index (χ0n) is 13.5. The summed E-state index contributed by atoms with van der Waals surface area (Å²) in [5, 5.41) is 3.34. The first-order chi connectivity index (χ1) is 10.2. The fraction of sp³-hybridized carbons (Fsp3) is 0.688. The average Bonchev–Trinajstić information content (AvgIpc) is 3.21. The third kappa shape index (κ3) is 5.42. The molecule has 0 saturated heterocycles. The van der Waals surface area contributed by atoms with Crippen molar-refractivity contribution in [3.8, 4) is 0 Å². The van der Waals surface area contributed by atoms with Crippen LogP contribution in [0.15, 0.2) is 23.3 Å². The molecule has 118 valence electrons. The van der Waals surface area contributed by atoms with E-state index in [1.165, 1.54) is 18.5 Å². The van der Waals surface area contributed by atoms with Gasteiger partial charge in [0.1, 0.15) is 0 Å². The summed E-state index contributed by atoms with van der Waals surface area (Å²) in [6.07, 6.45) is 4.75. The van der Waals surface area contributed by atoms with Crippen LogP contribution in [0.1, 0.15) is 25.5 Å². The van der Waals surface area contributed by atoms with Crippen LogP contribution in [-0.2, 0) is 18.3 Å². The summed E-state index contributed by atoms with van der Waals surface area (Å²) in [5.41, 5.74) is 1.27. The Bertz CT molecular complexity index is 451. The lowest BCUT2D eigenvalue weighted by Gasteiger charge is -2.22. The fourth-order valence-corrected chi connectivity index (χ4v) is 2.20. The van der Waals surface area contributed by atoms with Gasteiger partial charge in [0, 0.05) is 39.1 Å². The van der Waals surface area contributed by atoms with Crippen molar-refractivity contribution in [2.24, 2.45) is 18.0 Å². The van der Waals surface area contributed by atoms with Crippen LogP contribution in [0.2, 0.25) is 0 Å². The van der Waals surface area contributed by atoms with Crippen molar-refractivity contribution in [2.75, 3.05) is 33.4 Å². The normalized spacial score (nSPS) is 15.3. The standard InChI is InChI=1S/C16H28N4O/c1-4-17-16(18-9-11-21-13-14-7-8-14)20(3)12-15-6-5-10-19(15)2/h5-6,10,14H,4,7-9,11-13H2,1-3H3,(H,17,18).